The second-order valence-electron chi connectivity index (χ2n) is 3.62. The molecular weight excluding hydrogens is 220 g/mol. The Bertz CT molecular complexity index is 351. The number of anilines is 1. The zero-order valence-electron chi connectivity index (χ0n) is 10.4. The molecular formula is C12H18N2O3. The average Bonchev–Trinajstić information content (AvgIpc) is 2.36. The van der Waals surface area contributed by atoms with Gasteiger partial charge in [-0.05, 0) is 13.0 Å². The van der Waals surface area contributed by atoms with E-state index in [2.05, 4.69) is 10.3 Å². The highest BCUT2D eigenvalue weighted by Gasteiger charge is 2.13. The molecule has 1 N–H and O–H groups in total. The first-order valence-corrected chi connectivity index (χ1v) is 5.58. The lowest BCUT2D eigenvalue weighted by atomic mass is 10.2. The standard InChI is InChI=1S/C12H18N2O3/c1-4-17-12(15)9(2)7-13-10-5-6-11(16-3)14-8-10/h5-6,8-9,13H,4,7H2,1-3H3. The fraction of sp³-hybridized carbons (Fsp3) is 0.500. The number of nitrogens with one attached hydrogen (secondary N) is 1. The van der Waals surface area contributed by atoms with Gasteiger partial charge in [0.15, 0.2) is 0 Å². The maximum atomic E-state index is 11.4. The largest absolute Gasteiger partial charge is 0.481 e. The number of aromatic nitrogens is 1. The Balaban J connectivity index is 2.41. The average molecular weight is 238 g/mol. The van der Waals surface area contributed by atoms with E-state index in [0.717, 1.165) is 5.69 Å². The van der Waals surface area contributed by atoms with Crippen LogP contribution in [-0.2, 0) is 9.53 Å². The molecule has 1 unspecified atom stereocenters. The van der Waals surface area contributed by atoms with Gasteiger partial charge in [-0.1, -0.05) is 6.92 Å². The number of hydrogen-bond acceptors (Lipinski definition) is 5. The highest BCUT2D eigenvalue weighted by Crippen LogP contribution is 2.11. The lowest BCUT2D eigenvalue weighted by molar-refractivity contribution is -0.146. The van der Waals surface area contributed by atoms with Crippen LogP contribution >= 0.6 is 0 Å². The van der Waals surface area contributed by atoms with E-state index in [1.807, 2.05) is 13.0 Å². The maximum absolute atomic E-state index is 11.4. The van der Waals surface area contributed by atoms with E-state index in [4.69, 9.17) is 9.47 Å². The van der Waals surface area contributed by atoms with Crippen LogP contribution in [0.3, 0.4) is 0 Å². The van der Waals surface area contributed by atoms with E-state index in [9.17, 15) is 4.79 Å². The normalized spacial score (nSPS) is 11.7. The summed E-state index contributed by atoms with van der Waals surface area (Å²) in [6, 6.07) is 3.61. The van der Waals surface area contributed by atoms with Gasteiger partial charge in [-0.3, -0.25) is 4.79 Å². The van der Waals surface area contributed by atoms with Crippen molar-refractivity contribution < 1.29 is 14.3 Å². The predicted molar refractivity (Wildman–Crippen MR) is 65.1 cm³/mol. The first-order chi connectivity index (χ1) is 8.17. The molecule has 17 heavy (non-hydrogen) atoms. The number of rotatable bonds is 6. The molecule has 0 amide bonds. The molecule has 0 spiro atoms. The molecule has 0 saturated heterocycles. The van der Waals surface area contributed by atoms with Crippen molar-refractivity contribution in [1.29, 1.82) is 0 Å². The summed E-state index contributed by atoms with van der Waals surface area (Å²) < 4.78 is 9.87. The summed E-state index contributed by atoms with van der Waals surface area (Å²) in [5, 5.41) is 3.12. The fourth-order valence-electron chi connectivity index (χ4n) is 1.24. The number of carbonyl (C=O) groups is 1. The number of hydrogen-bond donors (Lipinski definition) is 1. The van der Waals surface area contributed by atoms with E-state index < -0.39 is 0 Å². The zero-order valence-corrected chi connectivity index (χ0v) is 10.4. The van der Waals surface area contributed by atoms with Crippen LogP contribution in [0.25, 0.3) is 0 Å². The van der Waals surface area contributed by atoms with Gasteiger partial charge in [0, 0.05) is 12.6 Å². The molecule has 1 aromatic heterocycles. The van der Waals surface area contributed by atoms with E-state index in [0.29, 0.717) is 19.0 Å². The molecule has 1 heterocycles. The number of esters is 1. The molecule has 0 fully saturated rings. The summed E-state index contributed by atoms with van der Waals surface area (Å²) in [7, 11) is 1.57. The minimum atomic E-state index is -0.193. The molecule has 1 rings (SSSR count). The summed E-state index contributed by atoms with van der Waals surface area (Å²) in [4.78, 5) is 15.4. The lowest BCUT2D eigenvalue weighted by Gasteiger charge is -2.12. The van der Waals surface area contributed by atoms with Crippen LogP contribution in [0.5, 0.6) is 5.88 Å². The van der Waals surface area contributed by atoms with Crippen LogP contribution in [-0.4, -0.2) is 31.2 Å². The quantitative estimate of drug-likeness (QED) is 0.764. The summed E-state index contributed by atoms with van der Waals surface area (Å²) >= 11 is 0. The molecule has 1 atom stereocenters. The lowest BCUT2D eigenvalue weighted by Crippen LogP contribution is -2.22. The number of ether oxygens (including phenoxy) is 2. The van der Waals surface area contributed by atoms with Gasteiger partial charge in [0.2, 0.25) is 5.88 Å². The highest BCUT2D eigenvalue weighted by atomic mass is 16.5. The van der Waals surface area contributed by atoms with E-state index in [1.165, 1.54) is 0 Å². The molecule has 0 radical (unpaired) electrons. The van der Waals surface area contributed by atoms with Crippen molar-refractivity contribution in [3.63, 3.8) is 0 Å². The van der Waals surface area contributed by atoms with E-state index in [-0.39, 0.29) is 11.9 Å². The smallest absolute Gasteiger partial charge is 0.310 e. The van der Waals surface area contributed by atoms with Gasteiger partial charge in [-0.15, -0.1) is 0 Å². The van der Waals surface area contributed by atoms with Crippen molar-refractivity contribution in [2.24, 2.45) is 5.92 Å². The fourth-order valence-corrected chi connectivity index (χ4v) is 1.24. The van der Waals surface area contributed by atoms with Gasteiger partial charge in [-0.25, -0.2) is 4.98 Å². The SMILES string of the molecule is CCOC(=O)C(C)CNc1ccc(OC)nc1. The second kappa shape index (κ2) is 6.73. The summed E-state index contributed by atoms with van der Waals surface area (Å²) in [6.07, 6.45) is 1.66. The van der Waals surface area contributed by atoms with Crippen LogP contribution < -0.4 is 10.1 Å². The Hall–Kier alpha value is -1.78. The number of pyridine rings is 1. The van der Waals surface area contributed by atoms with Gasteiger partial charge in [0.25, 0.3) is 0 Å². The molecule has 1 aromatic rings. The van der Waals surface area contributed by atoms with Gasteiger partial charge >= 0.3 is 5.97 Å². The zero-order chi connectivity index (χ0) is 12.7. The monoisotopic (exact) mass is 238 g/mol. The van der Waals surface area contributed by atoms with Gasteiger partial charge in [0.1, 0.15) is 0 Å². The third-order valence-electron chi connectivity index (χ3n) is 2.25. The topological polar surface area (TPSA) is 60.5 Å². The summed E-state index contributed by atoms with van der Waals surface area (Å²) in [5.41, 5.74) is 0.849. The second-order valence-corrected chi connectivity index (χ2v) is 3.62. The van der Waals surface area contributed by atoms with E-state index in [1.54, 1.807) is 26.3 Å². The predicted octanol–water partition coefficient (Wildman–Crippen LogP) is 1.70. The van der Waals surface area contributed by atoms with Crippen LogP contribution in [0.15, 0.2) is 18.3 Å². The van der Waals surface area contributed by atoms with Crippen molar-refractivity contribution in [1.82, 2.24) is 4.98 Å². The number of methoxy groups -OCH3 is 1. The van der Waals surface area contributed by atoms with Crippen LogP contribution in [0, 0.1) is 5.92 Å². The molecule has 0 aromatic carbocycles. The van der Waals surface area contributed by atoms with Crippen LogP contribution in [0.1, 0.15) is 13.8 Å². The van der Waals surface area contributed by atoms with Gasteiger partial charge < -0.3 is 14.8 Å². The number of nitrogens with zero attached hydrogens (tertiary/aromatic N) is 1. The van der Waals surface area contributed by atoms with Crippen molar-refractivity contribution in [3.8, 4) is 5.88 Å². The third kappa shape index (κ3) is 4.30. The van der Waals surface area contributed by atoms with Crippen LogP contribution in [0.2, 0.25) is 0 Å². The Kier molecular flexibility index (Phi) is 5.26. The Morgan fingerprint density at radius 2 is 2.29 bits per heavy atom. The summed E-state index contributed by atoms with van der Waals surface area (Å²) in [6.45, 7) is 4.55. The van der Waals surface area contributed by atoms with Gasteiger partial charge in [0.05, 0.1) is 31.5 Å². The molecule has 0 aliphatic rings. The highest BCUT2D eigenvalue weighted by molar-refractivity contribution is 5.72. The Morgan fingerprint density at radius 1 is 1.53 bits per heavy atom. The summed E-state index contributed by atoms with van der Waals surface area (Å²) in [5.74, 6) is 0.188. The first kappa shape index (κ1) is 13.3. The Morgan fingerprint density at radius 3 is 2.82 bits per heavy atom. The van der Waals surface area contributed by atoms with Crippen molar-refractivity contribution in [3.05, 3.63) is 18.3 Å². The molecule has 0 bridgehead atoms. The van der Waals surface area contributed by atoms with Gasteiger partial charge in [-0.2, -0.15) is 0 Å². The molecule has 0 aliphatic heterocycles. The van der Waals surface area contributed by atoms with Crippen molar-refractivity contribution >= 4 is 11.7 Å². The molecule has 94 valence electrons. The minimum Gasteiger partial charge on any atom is -0.481 e. The van der Waals surface area contributed by atoms with Crippen molar-refractivity contribution in [2.45, 2.75) is 13.8 Å². The molecule has 0 saturated carbocycles. The maximum Gasteiger partial charge on any atom is 0.310 e. The molecule has 5 heteroatoms. The first-order valence-electron chi connectivity index (χ1n) is 5.58. The van der Waals surface area contributed by atoms with E-state index >= 15 is 0 Å². The molecule has 0 aliphatic carbocycles. The Labute approximate surface area is 101 Å². The number of carbonyl (C=O) groups excluding carboxylic acids is 1. The van der Waals surface area contributed by atoms with Crippen LogP contribution in [0.4, 0.5) is 5.69 Å². The minimum absolute atomic E-state index is 0.183. The van der Waals surface area contributed by atoms with Crippen molar-refractivity contribution in [2.75, 3.05) is 25.6 Å². The molecule has 5 nitrogen and oxygen atoms in total. The third-order valence-corrected chi connectivity index (χ3v) is 2.25.